The molecule has 0 bridgehead atoms. The van der Waals surface area contributed by atoms with Gasteiger partial charge in [-0.25, -0.2) is 0 Å². The summed E-state index contributed by atoms with van der Waals surface area (Å²) < 4.78 is 6.15. The molecular weight excluding hydrogens is 266 g/mol. The quantitative estimate of drug-likeness (QED) is 0.594. The molecule has 0 aliphatic carbocycles. The van der Waals surface area contributed by atoms with Crippen molar-refractivity contribution in [2.45, 2.75) is 51.6 Å². The normalized spacial score (nSPS) is 26.6. The molecule has 0 aromatic rings. The number of rotatable bonds is 6. The molecule has 1 unspecified atom stereocenters. The molecule has 2 nitrogen and oxygen atoms in total. The van der Waals surface area contributed by atoms with Gasteiger partial charge in [-0.2, -0.15) is 11.8 Å². The van der Waals surface area contributed by atoms with E-state index in [0.717, 1.165) is 38.0 Å². The summed E-state index contributed by atoms with van der Waals surface area (Å²) in [6, 6.07) is 0. The Kier molecular flexibility index (Phi) is 6.92. The lowest BCUT2D eigenvalue weighted by Crippen LogP contribution is -2.42. The highest BCUT2D eigenvalue weighted by atomic mass is 32.2. The molecule has 20 heavy (non-hydrogen) atoms. The lowest BCUT2D eigenvalue weighted by Gasteiger charge is -2.42. The zero-order valence-corrected chi connectivity index (χ0v) is 14.0. The fraction of sp³-hybridized carbons (Fsp3) is 0.882. The van der Waals surface area contributed by atoms with Crippen molar-refractivity contribution in [2.24, 2.45) is 11.8 Å². The molecule has 0 aromatic heterocycles. The maximum atomic E-state index is 6.15. The van der Waals surface area contributed by atoms with E-state index in [1.165, 1.54) is 37.2 Å². The Labute approximate surface area is 129 Å². The number of thioether (sulfide) groups is 1. The van der Waals surface area contributed by atoms with Gasteiger partial charge in [0.05, 0.1) is 5.60 Å². The Bertz CT molecular complexity index is 292. The van der Waals surface area contributed by atoms with Gasteiger partial charge >= 0.3 is 0 Å². The molecule has 0 aromatic carbocycles. The largest absolute Gasteiger partial charge is 0.375 e. The second-order valence-corrected chi connectivity index (χ2v) is 7.94. The summed E-state index contributed by atoms with van der Waals surface area (Å²) in [6.07, 6.45) is 11.0. The first-order valence-corrected chi connectivity index (χ1v) is 9.45. The van der Waals surface area contributed by atoms with Crippen LogP contribution in [0.15, 0.2) is 12.2 Å². The third-order valence-corrected chi connectivity index (χ3v) is 5.37. The standard InChI is InChI=1S/C17H31NOS/c1-15(2)14-18-9-4-3-5-16-6-10-19-17(13-16)7-11-20-12-8-17/h3,5,15-16,18H,4,6-14H2,1-2H3/b5-3+. The number of hydrogen-bond donors (Lipinski definition) is 1. The van der Waals surface area contributed by atoms with Crippen LogP contribution in [0.4, 0.5) is 0 Å². The first-order chi connectivity index (χ1) is 9.70. The molecule has 2 aliphatic rings. The molecule has 2 fully saturated rings. The van der Waals surface area contributed by atoms with E-state index in [2.05, 4.69) is 43.1 Å². The van der Waals surface area contributed by atoms with Crippen LogP contribution in [0.25, 0.3) is 0 Å². The van der Waals surface area contributed by atoms with Crippen LogP contribution < -0.4 is 5.32 Å². The van der Waals surface area contributed by atoms with Gasteiger partial charge in [-0.15, -0.1) is 0 Å². The Morgan fingerprint density at radius 2 is 2.15 bits per heavy atom. The highest BCUT2D eigenvalue weighted by Crippen LogP contribution is 2.40. The average molecular weight is 298 g/mol. The zero-order chi connectivity index (χ0) is 14.3. The second-order valence-electron chi connectivity index (χ2n) is 6.71. The Balaban J connectivity index is 1.67. The third kappa shape index (κ3) is 5.42. The van der Waals surface area contributed by atoms with Gasteiger partial charge in [0.2, 0.25) is 0 Å². The van der Waals surface area contributed by atoms with E-state index in [4.69, 9.17) is 4.74 Å². The summed E-state index contributed by atoms with van der Waals surface area (Å²) in [5.41, 5.74) is 0.231. The van der Waals surface area contributed by atoms with Crippen molar-refractivity contribution in [3.63, 3.8) is 0 Å². The number of ether oxygens (including phenoxy) is 1. The third-order valence-electron chi connectivity index (χ3n) is 4.38. The van der Waals surface area contributed by atoms with Gasteiger partial charge < -0.3 is 10.1 Å². The minimum absolute atomic E-state index is 0.231. The summed E-state index contributed by atoms with van der Waals surface area (Å²) in [6.45, 7) is 7.72. The van der Waals surface area contributed by atoms with E-state index < -0.39 is 0 Å². The van der Waals surface area contributed by atoms with Crippen LogP contribution in [0.1, 0.15) is 46.0 Å². The van der Waals surface area contributed by atoms with Crippen LogP contribution in [0.5, 0.6) is 0 Å². The van der Waals surface area contributed by atoms with Gasteiger partial charge in [-0.05, 0) is 68.5 Å². The zero-order valence-electron chi connectivity index (χ0n) is 13.2. The highest BCUT2D eigenvalue weighted by Gasteiger charge is 2.37. The Morgan fingerprint density at radius 1 is 1.35 bits per heavy atom. The van der Waals surface area contributed by atoms with E-state index >= 15 is 0 Å². The molecule has 0 amide bonds. The number of allylic oxidation sites excluding steroid dienone is 1. The molecule has 1 spiro atoms. The van der Waals surface area contributed by atoms with Crippen LogP contribution in [0.2, 0.25) is 0 Å². The second kappa shape index (κ2) is 8.45. The molecule has 0 saturated carbocycles. The molecule has 0 radical (unpaired) electrons. The summed E-state index contributed by atoms with van der Waals surface area (Å²) in [5.74, 6) is 4.07. The van der Waals surface area contributed by atoms with Crippen molar-refractivity contribution in [1.82, 2.24) is 5.32 Å². The molecule has 1 atom stereocenters. The SMILES string of the molecule is CC(C)CNCC/C=C/C1CCOC2(CCSCC2)C1. The molecule has 3 heteroatoms. The lowest BCUT2D eigenvalue weighted by molar-refractivity contribution is -0.0949. The molecule has 2 aliphatic heterocycles. The van der Waals surface area contributed by atoms with E-state index in [0.29, 0.717) is 0 Å². The van der Waals surface area contributed by atoms with Crippen LogP contribution in [-0.2, 0) is 4.74 Å². The molecule has 2 rings (SSSR count). The predicted molar refractivity (Wildman–Crippen MR) is 89.4 cm³/mol. The van der Waals surface area contributed by atoms with Crippen molar-refractivity contribution < 1.29 is 4.74 Å². The topological polar surface area (TPSA) is 21.3 Å². The number of hydrogen-bond acceptors (Lipinski definition) is 3. The van der Waals surface area contributed by atoms with Crippen LogP contribution >= 0.6 is 11.8 Å². The molecule has 2 heterocycles. The van der Waals surface area contributed by atoms with Crippen molar-refractivity contribution in [2.75, 3.05) is 31.2 Å². The van der Waals surface area contributed by atoms with Gasteiger partial charge in [-0.1, -0.05) is 26.0 Å². The first-order valence-electron chi connectivity index (χ1n) is 8.29. The van der Waals surface area contributed by atoms with Crippen molar-refractivity contribution >= 4 is 11.8 Å². The fourth-order valence-electron chi connectivity index (χ4n) is 3.19. The minimum atomic E-state index is 0.231. The van der Waals surface area contributed by atoms with E-state index in [9.17, 15) is 0 Å². The van der Waals surface area contributed by atoms with Crippen LogP contribution in [0.3, 0.4) is 0 Å². The molecule has 116 valence electrons. The Hall–Kier alpha value is 0.01000. The summed E-state index contributed by atoms with van der Waals surface area (Å²) in [4.78, 5) is 0. The summed E-state index contributed by atoms with van der Waals surface area (Å²) >= 11 is 2.09. The maximum absolute atomic E-state index is 6.15. The van der Waals surface area contributed by atoms with Crippen molar-refractivity contribution in [3.8, 4) is 0 Å². The highest BCUT2D eigenvalue weighted by molar-refractivity contribution is 7.99. The number of nitrogens with one attached hydrogen (secondary N) is 1. The van der Waals surface area contributed by atoms with Gasteiger partial charge in [0, 0.05) is 6.61 Å². The summed E-state index contributed by atoms with van der Waals surface area (Å²) in [7, 11) is 0. The van der Waals surface area contributed by atoms with E-state index in [-0.39, 0.29) is 5.60 Å². The Morgan fingerprint density at radius 3 is 2.90 bits per heavy atom. The smallest absolute Gasteiger partial charge is 0.0703 e. The lowest BCUT2D eigenvalue weighted by atomic mass is 9.82. The van der Waals surface area contributed by atoms with Crippen LogP contribution in [0, 0.1) is 11.8 Å². The van der Waals surface area contributed by atoms with Crippen LogP contribution in [-0.4, -0.2) is 36.8 Å². The maximum Gasteiger partial charge on any atom is 0.0703 e. The fourth-order valence-corrected chi connectivity index (χ4v) is 4.42. The molecule has 1 N–H and O–H groups in total. The monoisotopic (exact) mass is 297 g/mol. The summed E-state index contributed by atoms with van der Waals surface area (Å²) in [5, 5.41) is 3.50. The van der Waals surface area contributed by atoms with Gasteiger partial charge in [-0.3, -0.25) is 0 Å². The molecular formula is C17H31NOS. The average Bonchev–Trinajstić information content (AvgIpc) is 2.43. The van der Waals surface area contributed by atoms with Gasteiger partial charge in [0.25, 0.3) is 0 Å². The van der Waals surface area contributed by atoms with Crippen molar-refractivity contribution in [1.29, 1.82) is 0 Å². The van der Waals surface area contributed by atoms with Crippen molar-refractivity contribution in [3.05, 3.63) is 12.2 Å². The molecule has 2 saturated heterocycles. The van der Waals surface area contributed by atoms with Gasteiger partial charge in [0.1, 0.15) is 0 Å². The van der Waals surface area contributed by atoms with E-state index in [1.807, 2.05) is 0 Å². The van der Waals surface area contributed by atoms with Gasteiger partial charge in [0.15, 0.2) is 0 Å². The minimum Gasteiger partial charge on any atom is -0.375 e. The first kappa shape index (κ1) is 16.4. The predicted octanol–water partition coefficient (Wildman–Crippen LogP) is 3.87. The van der Waals surface area contributed by atoms with E-state index in [1.54, 1.807) is 0 Å².